The zero-order valence-corrected chi connectivity index (χ0v) is 12.1. The summed E-state index contributed by atoms with van der Waals surface area (Å²) in [7, 11) is 0. The number of aromatic nitrogens is 1. The van der Waals surface area contributed by atoms with Gasteiger partial charge in [-0.2, -0.15) is 0 Å². The summed E-state index contributed by atoms with van der Waals surface area (Å²) in [6, 6.07) is 3.75. The smallest absolute Gasteiger partial charge is 0.214 e. The van der Waals surface area contributed by atoms with Crippen molar-refractivity contribution in [1.29, 1.82) is 0 Å². The van der Waals surface area contributed by atoms with Crippen LogP contribution in [0.5, 0.6) is 0 Å². The monoisotopic (exact) mass is 276 g/mol. The SMILES string of the molecule is CCNC(=NCc1ccco1)NCc1nc(C)c(C)o1. The molecule has 2 aromatic rings. The Morgan fingerprint density at radius 3 is 2.80 bits per heavy atom. The van der Waals surface area contributed by atoms with Crippen LogP contribution in [0.4, 0.5) is 0 Å². The Balaban J connectivity index is 1.93. The minimum Gasteiger partial charge on any atom is -0.467 e. The van der Waals surface area contributed by atoms with Gasteiger partial charge in [0.05, 0.1) is 18.5 Å². The highest BCUT2D eigenvalue weighted by atomic mass is 16.4. The standard InChI is InChI=1S/C14H20N4O2/c1-4-15-14(16-8-12-6-5-7-19-12)17-9-13-18-10(2)11(3)20-13/h5-7H,4,8-9H2,1-3H3,(H2,15,16,17). The fraction of sp³-hybridized carbons (Fsp3) is 0.429. The molecule has 108 valence electrons. The Bertz CT molecular complexity index is 538. The number of furan rings is 1. The molecule has 20 heavy (non-hydrogen) atoms. The summed E-state index contributed by atoms with van der Waals surface area (Å²) < 4.78 is 10.8. The zero-order valence-electron chi connectivity index (χ0n) is 12.1. The first kappa shape index (κ1) is 14.2. The van der Waals surface area contributed by atoms with Crippen molar-refractivity contribution in [2.24, 2.45) is 4.99 Å². The second-order valence-corrected chi connectivity index (χ2v) is 4.38. The largest absolute Gasteiger partial charge is 0.467 e. The number of hydrogen-bond donors (Lipinski definition) is 2. The number of nitrogens with zero attached hydrogens (tertiary/aromatic N) is 2. The van der Waals surface area contributed by atoms with Gasteiger partial charge in [-0.15, -0.1) is 0 Å². The van der Waals surface area contributed by atoms with Gasteiger partial charge in [0.15, 0.2) is 5.96 Å². The maximum atomic E-state index is 5.52. The second-order valence-electron chi connectivity index (χ2n) is 4.38. The third-order valence-corrected chi connectivity index (χ3v) is 2.80. The average Bonchev–Trinajstić information content (AvgIpc) is 3.04. The topological polar surface area (TPSA) is 75.6 Å². The molecule has 0 saturated heterocycles. The van der Waals surface area contributed by atoms with Gasteiger partial charge in [-0.25, -0.2) is 9.98 Å². The zero-order chi connectivity index (χ0) is 14.4. The lowest BCUT2D eigenvalue weighted by Crippen LogP contribution is -2.36. The Morgan fingerprint density at radius 1 is 1.35 bits per heavy atom. The number of guanidine groups is 1. The molecule has 2 heterocycles. The van der Waals surface area contributed by atoms with Crippen molar-refractivity contribution in [3.8, 4) is 0 Å². The molecule has 0 aliphatic rings. The van der Waals surface area contributed by atoms with E-state index in [4.69, 9.17) is 8.83 Å². The van der Waals surface area contributed by atoms with E-state index in [1.807, 2.05) is 32.9 Å². The van der Waals surface area contributed by atoms with Gasteiger partial charge in [-0.05, 0) is 32.9 Å². The average molecular weight is 276 g/mol. The van der Waals surface area contributed by atoms with E-state index in [0.717, 1.165) is 23.8 Å². The summed E-state index contributed by atoms with van der Waals surface area (Å²) in [6.07, 6.45) is 1.64. The van der Waals surface area contributed by atoms with Crippen molar-refractivity contribution >= 4 is 5.96 Å². The van der Waals surface area contributed by atoms with Crippen molar-refractivity contribution in [1.82, 2.24) is 15.6 Å². The number of hydrogen-bond acceptors (Lipinski definition) is 4. The van der Waals surface area contributed by atoms with Crippen LogP contribution in [0.1, 0.15) is 30.0 Å². The van der Waals surface area contributed by atoms with Crippen molar-refractivity contribution in [2.75, 3.05) is 6.54 Å². The second kappa shape index (κ2) is 6.79. The Labute approximate surface area is 118 Å². The van der Waals surface area contributed by atoms with Crippen molar-refractivity contribution in [3.63, 3.8) is 0 Å². The molecular weight excluding hydrogens is 256 g/mol. The summed E-state index contributed by atoms with van der Waals surface area (Å²) in [5, 5.41) is 6.35. The highest BCUT2D eigenvalue weighted by molar-refractivity contribution is 5.79. The van der Waals surface area contributed by atoms with E-state index >= 15 is 0 Å². The molecule has 0 unspecified atom stereocenters. The molecule has 2 N–H and O–H groups in total. The highest BCUT2D eigenvalue weighted by Crippen LogP contribution is 2.07. The third-order valence-electron chi connectivity index (χ3n) is 2.80. The van der Waals surface area contributed by atoms with E-state index in [0.29, 0.717) is 24.9 Å². The van der Waals surface area contributed by atoms with Crippen LogP contribution in [0.2, 0.25) is 0 Å². The molecule has 2 aromatic heterocycles. The molecule has 0 amide bonds. The van der Waals surface area contributed by atoms with Crippen molar-refractivity contribution in [2.45, 2.75) is 33.9 Å². The minimum atomic E-state index is 0.492. The Kier molecular flexibility index (Phi) is 4.81. The van der Waals surface area contributed by atoms with Gasteiger partial charge in [0, 0.05) is 6.54 Å². The maximum Gasteiger partial charge on any atom is 0.214 e. The van der Waals surface area contributed by atoms with Gasteiger partial charge < -0.3 is 19.5 Å². The highest BCUT2D eigenvalue weighted by Gasteiger charge is 2.06. The summed E-state index contributed by atoms with van der Waals surface area (Å²) >= 11 is 0. The summed E-state index contributed by atoms with van der Waals surface area (Å²) in [6.45, 7) is 7.63. The van der Waals surface area contributed by atoms with Crippen LogP contribution in [0, 0.1) is 13.8 Å². The number of rotatable bonds is 5. The van der Waals surface area contributed by atoms with Crippen molar-refractivity contribution < 1.29 is 8.83 Å². The molecule has 6 heteroatoms. The van der Waals surface area contributed by atoms with Gasteiger partial charge in [0.1, 0.15) is 18.1 Å². The molecule has 0 fully saturated rings. The van der Waals surface area contributed by atoms with Gasteiger partial charge in [0.2, 0.25) is 5.89 Å². The molecule has 0 radical (unpaired) electrons. The predicted octanol–water partition coefficient (Wildman–Crippen LogP) is 2.14. The molecule has 2 rings (SSSR count). The summed E-state index contributed by atoms with van der Waals surface area (Å²) in [4.78, 5) is 8.75. The first-order valence-electron chi connectivity index (χ1n) is 6.66. The molecular formula is C14H20N4O2. The first-order chi connectivity index (χ1) is 9.69. The Hall–Kier alpha value is -2.24. The van der Waals surface area contributed by atoms with E-state index in [1.165, 1.54) is 0 Å². The quantitative estimate of drug-likeness (QED) is 0.646. The lowest BCUT2D eigenvalue weighted by Gasteiger charge is -2.09. The number of aliphatic imine (C=N–C) groups is 1. The van der Waals surface area contributed by atoms with Crippen LogP contribution in [0.3, 0.4) is 0 Å². The van der Waals surface area contributed by atoms with Crippen LogP contribution in [0.15, 0.2) is 32.2 Å². The van der Waals surface area contributed by atoms with E-state index in [1.54, 1.807) is 6.26 Å². The molecule has 0 aromatic carbocycles. The minimum absolute atomic E-state index is 0.492. The molecule has 6 nitrogen and oxygen atoms in total. The van der Waals surface area contributed by atoms with Crippen LogP contribution < -0.4 is 10.6 Å². The normalized spacial score (nSPS) is 11.7. The van der Waals surface area contributed by atoms with Crippen LogP contribution in [-0.2, 0) is 13.1 Å². The first-order valence-corrected chi connectivity index (χ1v) is 6.66. The predicted molar refractivity (Wildman–Crippen MR) is 76.3 cm³/mol. The van der Waals surface area contributed by atoms with Gasteiger partial charge in [-0.1, -0.05) is 0 Å². The van der Waals surface area contributed by atoms with Crippen molar-refractivity contribution in [3.05, 3.63) is 41.5 Å². The molecule has 0 spiro atoms. The molecule has 0 atom stereocenters. The molecule has 0 bridgehead atoms. The lowest BCUT2D eigenvalue weighted by atomic mass is 10.4. The van der Waals surface area contributed by atoms with Crippen LogP contribution in [-0.4, -0.2) is 17.5 Å². The number of aryl methyl sites for hydroxylation is 2. The van der Waals surface area contributed by atoms with Gasteiger partial charge in [-0.3, -0.25) is 0 Å². The molecule has 0 aliphatic carbocycles. The Morgan fingerprint density at radius 2 is 2.20 bits per heavy atom. The maximum absolute atomic E-state index is 5.52. The van der Waals surface area contributed by atoms with Crippen LogP contribution in [0.25, 0.3) is 0 Å². The van der Waals surface area contributed by atoms with E-state index in [2.05, 4.69) is 20.6 Å². The lowest BCUT2D eigenvalue weighted by molar-refractivity contribution is 0.463. The van der Waals surface area contributed by atoms with E-state index in [9.17, 15) is 0 Å². The van der Waals surface area contributed by atoms with E-state index < -0.39 is 0 Å². The fourth-order valence-corrected chi connectivity index (χ4v) is 1.68. The third kappa shape index (κ3) is 3.88. The number of oxazole rings is 1. The van der Waals surface area contributed by atoms with Gasteiger partial charge >= 0.3 is 0 Å². The molecule has 0 aliphatic heterocycles. The van der Waals surface area contributed by atoms with Crippen LogP contribution >= 0.6 is 0 Å². The number of nitrogens with one attached hydrogen (secondary N) is 2. The molecule has 0 saturated carbocycles. The summed E-state index contributed by atoms with van der Waals surface area (Å²) in [5.74, 6) is 3.03. The van der Waals surface area contributed by atoms with Gasteiger partial charge in [0.25, 0.3) is 0 Å². The van der Waals surface area contributed by atoms with E-state index in [-0.39, 0.29) is 0 Å². The fourth-order valence-electron chi connectivity index (χ4n) is 1.68. The summed E-state index contributed by atoms with van der Waals surface area (Å²) in [5.41, 5.74) is 0.916.